The van der Waals surface area contributed by atoms with Crippen molar-refractivity contribution >= 4 is 52.1 Å². The highest BCUT2D eigenvalue weighted by molar-refractivity contribution is 6.37. The summed E-state index contributed by atoms with van der Waals surface area (Å²) < 4.78 is 0. The van der Waals surface area contributed by atoms with Crippen LogP contribution in [0.25, 0.3) is 0 Å². The number of rotatable bonds is 5. The van der Waals surface area contributed by atoms with Crippen molar-refractivity contribution in [2.24, 2.45) is 0 Å². The maximum absolute atomic E-state index is 12.6. The van der Waals surface area contributed by atoms with Crippen molar-refractivity contribution in [3.8, 4) is 0 Å². The number of hydrogen-bond acceptors (Lipinski definition) is 4. The molecule has 7 nitrogen and oxygen atoms in total. The number of nitro benzene ring substituents is 1. The number of benzene rings is 3. The molecule has 0 aliphatic heterocycles. The minimum atomic E-state index is -0.538. The number of nitrogens with one attached hydrogen (secondary N) is 2. The van der Waals surface area contributed by atoms with E-state index in [1.165, 1.54) is 37.3 Å². The van der Waals surface area contributed by atoms with Crippen LogP contribution < -0.4 is 10.6 Å². The van der Waals surface area contributed by atoms with Gasteiger partial charge in [0.2, 0.25) is 0 Å². The quantitative estimate of drug-likeness (QED) is 0.389. The Bertz CT molecular complexity index is 1160. The second-order valence-electron chi connectivity index (χ2n) is 6.32. The van der Waals surface area contributed by atoms with Gasteiger partial charge in [-0.2, -0.15) is 0 Å². The fourth-order valence-electron chi connectivity index (χ4n) is 2.81. The van der Waals surface area contributed by atoms with Gasteiger partial charge in [-0.1, -0.05) is 35.3 Å². The lowest BCUT2D eigenvalue weighted by Crippen LogP contribution is -2.15. The molecule has 30 heavy (non-hydrogen) atoms. The summed E-state index contributed by atoms with van der Waals surface area (Å²) in [4.78, 5) is 35.6. The Kier molecular flexibility index (Phi) is 6.34. The summed E-state index contributed by atoms with van der Waals surface area (Å²) >= 11 is 11.9. The fourth-order valence-corrected chi connectivity index (χ4v) is 3.31. The Hall–Kier alpha value is -3.42. The number of carbonyl (C=O) groups is 2. The van der Waals surface area contributed by atoms with Gasteiger partial charge in [0, 0.05) is 33.6 Å². The molecule has 0 atom stereocenters. The molecule has 0 radical (unpaired) electrons. The van der Waals surface area contributed by atoms with Crippen molar-refractivity contribution in [3.63, 3.8) is 0 Å². The first-order valence-corrected chi connectivity index (χ1v) is 9.43. The zero-order valence-corrected chi connectivity index (χ0v) is 17.1. The summed E-state index contributed by atoms with van der Waals surface area (Å²) in [7, 11) is 0. The fraction of sp³-hybridized carbons (Fsp3) is 0.0476. The van der Waals surface area contributed by atoms with Crippen LogP contribution in [0.5, 0.6) is 0 Å². The van der Waals surface area contributed by atoms with Crippen LogP contribution in [0.4, 0.5) is 17.1 Å². The van der Waals surface area contributed by atoms with Crippen LogP contribution in [0, 0.1) is 17.0 Å². The van der Waals surface area contributed by atoms with E-state index in [1.807, 2.05) is 0 Å². The molecular formula is C21H15Cl2N3O4. The standard InChI is InChI=1S/C21H15Cl2N3O4/c1-12-16(6-3-7-19(12)26(29)30)20(27)24-14-4-2-5-15(11-14)25-21(28)17-9-8-13(22)10-18(17)23/h2-11H,1H3,(H,24,27)(H,25,28). The summed E-state index contributed by atoms with van der Waals surface area (Å²) in [6, 6.07) is 15.3. The molecule has 0 heterocycles. The van der Waals surface area contributed by atoms with Gasteiger partial charge in [-0.3, -0.25) is 19.7 Å². The molecule has 152 valence electrons. The molecule has 2 amide bonds. The number of halogens is 2. The topological polar surface area (TPSA) is 101 Å². The van der Waals surface area contributed by atoms with E-state index in [0.717, 1.165) is 0 Å². The van der Waals surface area contributed by atoms with Crippen molar-refractivity contribution in [1.29, 1.82) is 0 Å². The lowest BCUT2D eigenvalue weighted by molar-refractivity contribution is -0.385. The van der Waals surface area contributed by atoms with Gasteiger partial charge in [0.15, 0.2) is 0 Å². The average Bonchev–Trinajstić information content (AvgIpc) is 2.68. The van der Waals surface area contributed by atoms with Gasteiger partial charge in [-0.15, -0.1) is 0 Å². The van der Waals surface area contributed by atoms with Crippen LogP contribution in [-0.2, 0) is 0 Å². The lowest BCUT2D eigenvalue weighted by atomic mass is 10.1. The van der Waals surface area contributed by atoms with Crippen LogP contribution >= 0.6 is 23.2 Å². The molecule has 0 spiro atoms. The van der Waals surface area contributed by atoms with Crippen molar-refractivity contribution < 1.29 is 14.5 Å². The highest BCUT2D eigenvalue weighted by atomic mass is 35.5. The number of carbonyl (C=O) groups excluding carboxylic acids is 2. The van der Waals surface area contributed by atoms with Crippen LogP contribution in [0.1, 0.15) is 26.3 Å². The molecule has 0 unspecified atom stereocenters. The van der Waals surface area contributed by atoms with Gasteiger partial charge in [0.05, 0.1) is 15.5 Å². The summed E-state index contributed by atoms with van der Waals surface area (Å²) in [5.41, 5.74) is 1.41. The van der Waals surface area contributed by atoms with Crippen LogP contribution in [0.3, 0.4) is 0 Å². The van der Waals surface area contributed by atoms with E-state index in [0.29, 0.717) is 16.4 Å². The molecule has 0 bridgehead atoms. The van der Waals surface area contributed by atoms with Gasteiger partial charge in [-0.05, 0) is 49.4 Å². The number of amides is 2. The molecule has 0 aromatic heterocycles. The minimum Gasteiger partial charge on any atom is -0.322 e. The third-order valence-corrected chi connectivity index (χ3v) is 4.85. The van der Waals surface area contributed by atoms with Gasteiger partial charge >= 0.3 is 0 Å². The average molecular weight is 444 g/mol. The maximum Gasteiger partial charge on any atom is 0.273 e. The summed E-state index contributed by atoms with van der Waals surface area (Å²) in [5.74, 6) is -0.935. The normalized spacial score (nSPS) is 10.4. The molecule has 3 aromatic carbocycles. The molecule has 0 saturated carbocycles. The Morgan fingerprint density at radius 2 is 1.47 bits per heavy atom. The van der Waals surface area contributed by atoms with E-state index < -0.39 is 16.7 Å². The molecule has 0 aliphatic carbocycles. The van der Waals surface area contributed by atoms with E-state index in [9.17, 15) is 19.7 Å². The predicted molar refractivity (Wildman–Crippen MR) is 117 cm³/mol. The molecule has 0 aliphatic rings. The molecule has 3 rings (SSSR count). The molecule has 0 fully saturated rings. The minimum absolute atomic E-state index is 0.136. The largest absolute Gasteiger partial charge is 0.322 e. The zero-order valence-electron chi connectivity index (χ0n) is 15.6. The highest BCUT2D eigenvalue weighted by Gasteiger charge is 2.18. The van der Waals surface area contributed by atoms with Crippen molar-refractivity contribution in [1.82, 2.24) is 0 Å². The van der Waals surface area contributed by atoms with Crippen LogP contribution in [0.15, 0.2) is 60.7 Å². The highest BCUT2D eigenvalue weighted by Crippen LogP contribution is 2.24. The van der Waals surface area contributed by atoms with Gasteiger partial charge in [0.1, 0.15) is 0 Å². The number of nitro groups is 1. The van der Waals surface area contributed by atoms with Crippen LogP contribution in [-0.4, -0.2) is 16.7 Å². The third kappa shape index (κ3) is 4.76. The summed E-state index contributed by atoms with van der Waals surface area (Å²) in [6.45, 7) is 1.51. The first-order chi connectivity index (χ1) is 14.3. The maximum atomic E-state index is 12.6. The molecule has 3 aromatic rings. The smallest absolute Gasteiger partial charge is 0.273 e. The Labute approximate surface area is 181 Å². The summed E-state index contributed by atoms with van der Waals surface area (Å²) in [5, 5.41) is 17.1. The van der Waals surface area contributed by atoms with E-state index in [4.69, 9.17) is 23.2 Å². The van der Waals surface area contributed by atoms with E-state index in [-0.39, 0.29) is 27.4 Å². The monoisotopic (exact) mass is 443 g/mol. The molecule has 9 heteroatoms. The van der Waals surface area contributed by atoms with Crippen LogP contribution in [0.2, 0.25) is 10.0 Å². The van der Waals surface area contributed by atoms with E-state index >= 15 is 0 Å². The van der Waals surface area contributed by atoms with Crippen molar-refractivity contribution in [2.75, 3.05) is 10.6 Å². The molecule has 2 N–H and O–H groups in total. The first kappa shape index (κ1) is 21.3. The number of nitrogens with zero attached hydrogens (tertiary/aromatic N) is 1. The molecular weight excluding hydrogens is 429 g/mol. The van der Waals surface area contributed by atoms with Crippen molar-refractivity contribution in [3.05, 3.63) is 97.5 Å². The number of anilines is 2. The van der Waals surface area contributed by atoms with Crippen molar-refractivity contribution in [2.45, 2.75) is 6.92 Å². The Morgan fingerprint density at radius 1 is 0.867 bits per heavy atom. The van der Waals surface area contributed by atoms with Gasteiger partial charge in [-0.25, -0.2) is 0 Å². The predicted octanol–water partition coefficient (Wildman–Crippen LogP) is 5.71. The lowest BCUT2D eigenvalue weighted by Gasteiger charge is -2.11. The van der Waals surface area contributed by atoms with E-state index in [1.54, 1.807) is 30.3 Å². The van der Waals surface area contributed by atoms with Gasteiger partial charge < -0.3 is 10.6 Å². The Balaban J connectivity index is 1.77. The second kappa shape index (κ2) is 8.94. The third-order valence-electron chi connectivity index (χ3n) is 4.30. The summed E-state index contributed by atoms with van der Waals surface area (Å²) in [6.07, 6.45) is 0. The Morgan fingerprint density at radius 3 is 2.07 bits per heavy atom. The van der Waals surface area contributed by atoms with E-state index in [2.05, 4.69) is 10.6 Å². The zero-order chi connectivity index (χ0) is 21.8. The van der Waals surface area contributed by atoms with Gasteiger partial charge in [0.25, 0.3) is 17.5 Å². The number of hydrogen-bond donors (Lipinski definition) is 2. The second-order valence-corrected chi connectivity index (χ2v) is 7.16. The SMILES string of the molecule is Cc1c(C(=O)Nc2cccc(NC(=O)c3ccc(Cl)cc3Cl)c2)cccc1[N+](=O)[O-]. The first-order valence-electron chi connectivity index (χ1n) is 8.68. The molecule has 0 saturated heterocycles.